The first kappa shape index (κ1) is 16.1. The van der Waals surface area contributed by atoms with E-state index in [2.05, 4.69) is 35.5 Å². The van der Waals surface area contributed by atoms with E-state index in [0.717, 1.165) is 13.0 Å². The molecule has 5 heteroatoms. The summed E-state index contributed by atoms with van der Waals surface area (Å²) in [4.78, 5) is 15.9. The fourth-order valence-corrected chi connectivity index (χ4v) is 4.31. The first-order valence-electron chi connectivity index (χ1n) is 7.92. The van der Waals surface area contributed by atoms with E-state index in [1.54, 1.807) is 23.5 Å². The zero-order valence-electron chi connectivity index (χ0n) is 13.4. The third-order valence-corrected chi connectivity index (χ3v) is 5.61. The summed E-state index contributed by atoms with van der Waals surface area (Å²) in [6, 6.07) is 8.83. The number of amides is 1. The van der Waals surface area contributed by atoms with Crippen LogP contribution in [0.15, 0.2) is 35.7 Å². The predicted octanol–water partition coefficient (Wildman–Crippen LogP) is 3.62. The standard InChI is InChI=1S/C18H21FN2OS/c1-12-10-14-6-9-23-17(14)13(2)21(12)8-7-20-18(22)15-4-3-5-16(19)11-15/h3-6,9,11-13H,7-8,10H2,1-2H3,(H,20,22)/t12-,13+/m1/s1. The summed E-state index contributed by atoms with van der Waals surface area (Å²) in [5.41, 5.74) is 1.82. The van der Waals surface area contributed by atoms with Crippen LogP contribution in [-0.2, 0) is 6.42 Å². The molecule has 3 rings (SSSR count). The molecule has 0 saturated carbocycles. The normalized spacial score (nSPS) is 21.0. The van der Waals surface area contributed by atoms with Gasteiger partial charge in [0.25, 0.3) is 5.91 Å². The van der Waals surface area contributed by atoms with Crippen LogP contribution in [0.1, 0.15) is 40.7 Å². The van der Waals surface area contributed by atoms with Gasteiger partial charge in [-0.3, -0.25) is 9.69 Å². The third kappa shape index (κ3) is 3.46. The molecule has 1 aromatic heterocycles. The van der Waals surface area contributed by atoms with Crippen molar-refractivity contribution in [2.75, 3.05) is 13.1 Å². The van der Waals surface area contributed by atoms with Gasteiger partial charge in [0.1, 0.15) is 5.82 Å². The maximum Gasteiger partial charge on any atom is 0.251 e. The van der Waals surface area contributed by atoms with Gasteiger partial charge in [-0.25, -0.2) is 4.39 Å². The highest BCUT2D eigenvalue weighted by Crippen LogP contribution is 2.35. The molecule has 1 N–H and O–H groups in total. The maximum absolute atomic E-state index is 13.2. The van der Waals surface area contributed by atoms with Crippen LogP contribution >= 0.6 is 11.3 Å². The van der Waals surface area contributed by atoms with Crippen molar-refractivity contribution < 1.29 is 9.18 Å². The van der Waals surface area contributed by atoms with Gasteiger partial charge in [0.15, 0.2) is 0 Å². The lowest BCUT2D eigenvalue weighted by Gasteiger charge is -2.38. The quantitative estimate of drug-likeness (QED) is 0.927. The Bertz CT molecular complexity index is 700. The number of halogens is 1. The molecule has 1 aliphatic rings. The van der Waals surface area contributed by atoms with Crippen LogP contribution in [0.25, 0.3) is 0 Å². The summed E-state index contributed by atoms with van der Waals surface area (Å²) in [5.74, 6) is -0.611. The number of nitrogens with one attached hydrogen (secondary N) is 1. The largest absolute Gasteiger partial charge is 0.351 e. The molecule has 0 spiro atoms. The monoisotopic (exact) mass is 332 g/mol. The first-order chi connectivity index (χ1) is 11.1. The average Bonchev–Trinajstić information content (AvgIpc) is 2.98. The topological polar surface area (TPSA) is 32.3 Å². The summed E-state index contributed by atoms with van der Waals surface area (Å²) in [6.45, 7) is 5.80. The lowest BCUT2D eigenvalue weighted by molar-refractivity contribution is 0.0930. The minimum absolute atomic E-state index is 0.223. The predicted molar refractivity (Wildman–Crippen MR) is 91.3 cm³/mol. The molecule has 0 saturated heterocycles. The third-order valence-electron chi connectivity index (χ3n) is 4.48. The number of carbonyl (C=O) groups excluding carboxylic acids is 1. The van der Waals surface area contributed by atoms with Gasteiger partial charge in [0.05, 0.1) is 0 Å². The average molecular weight is 332 g/mol. The van der Waals surface area contributed by atoms with Gasteiger partial charge < -0.3 is 5.32 Å². The van der Waals surface area contributed by atoms with E-state index in [4.69, 9.17) is 0 Å². The van der Waals surface area contributed by atoms with Crippen LogP contribution in [-0.4, -0.2) is 29.9 Å². The fourth-order valence-electron chi connectivity index (χ4n) is 3.29. The Labute approximate surface area is 140 Å². The second-order valence-corrected chi connectivity index (χ2v) is 6.99. The van der Waals surface area contributed by atoms with Crippen LogP contribution in [0.2, 0.25) is 0 Å². The summed E-state index contributed by atoms with van der Waals surface area (Å²) >= 11 is 1.81. The van der Waals surface area contributed by atoms with Crippen molar-refractivity contribution in [2.24, 2.45) is 0 Å². The van der Waals surface area contributed by atoms with E-state index < -0.39 is 0 Å². The second-order valence-electron chi connectivity index (χ2n) is 6.04. The van der Waals surface area contributed by atoms with E-state index >= 15 is 0 Å². The Balaban J connectivity index is 1.57. The van der Waals surface area contributed by atoms with Crippen LogP contribution in [0.4, 0.5) is 4.39 Å². The minimum atomic E-state index is -0.388. The van der Waals surface area contributed by atoms with Gasteiger partial charge in [-0.05, 0) is 55.5 Å². The Morgan fingerprint density at radius 1 is 1.39 bits per heavy atom. The molecule has 2 heterocycles. The number of hydrogen-bond donors (Lipinski definition) is 1. The molecule has 1 aliphatic heterocycles. The molecule has 23 heavy (non-hydrogen) atoms. The van der Waals surface area contributed by atoms with E-state index in [-0.39, 0.29) is 11.7 Å². The first-order valence-corrected chi connectivity index (χ1v) is 8.80. The Morgan fingerprint density at radius 3 is 3.00 bits per heavy atom. The van der Waals surface area contributed by atoms with Gasteiger partial charge in [-0.15, -0.1) is 11.3 Å². The van der Waals surface area contributed by atoms with Crippen LogP contribution in [0.3, 0.4) is 0 Å². The highest BCUT2D eigenvalue weighted by Gasteiger charge is 2.29. The Hall–Kier alpha value is -1.72. The number of rotatable bonds is 4. The van der Waals surface area contributed by atoms with E-state index in [1.165, 1.54) is 22.6 Å². The molecule has 0 unspecified atom stereocenters. The lowest BCUT2D eigenvalue weighted by atomic mass is 9.97. The number of thiophene rings is 1. The highest BCUT2D eigenvalue weighted by molar-refractivity contribution is 7.10. The second kappa shape index (κ2) is 6.81. The van der Waals surface area contributed by atoms with Crippen molar-refractivity contribution in [3.05, 3.63) is 57.5 Å². The molecular weight excluding hydrogens is 311 g/mol. The molecule has 3 nitrogen and oxygen atoms in total. The van der Waals surface area contributed by atoms with Gasteiger partial charge in [0.2, 0.25) is 0 Å². The zero-order chi connectivity index (χ0) is 16.4. The summed E-state index contributed by atoms with van der Waals surface area (Å²) in [7, 11) is 0. The molecular formula is C18H21FN2OS. The molecule has 1 aromatic carbocycles. The summed E-state index contributed by atoms with van der Waals surface area (Å²) < 4.78 is 13.2. The Morgan fingerprint density at radius 2 is 2.22 bits per heavy atom. The van der Waals surface area contributed by atoms with Crippen LogP contribution in [0.5, 0.6) is 0 Å². The lowest BCUT2D eigenvalue weighted by Crippen LogP contribution is -2.44. The number of carbonyl (C=O) groups is 1. The van der Waals surface area contributed by atoms with Crippen LogP contribution < -0.4 is 5.32 Å². The smallest absolute Gasteiger partial charge is 0.251 e. The van der Waals surface area contributed by atoms with Crippen molar-refractivity contribution in [1.82, 2.24) is 10.2 Å². The molecule has 0 fully saturated rings. The SMILES string of the molecule is C[C@@H]1Cc2ccsc2[C@H](C)N1CCNC(=O)c1cccc(F)c1. The molecule has 0 bridgehead atoms. The molecule has 2 atom stereocenters. The van der Waals surface area contributed by atoms with Crippen LogP contribution in [0, 0.1) is 5.82 Å². The van der Waals surface area contributed by atoms with Gasteiger partial charge in [-0.1, -0.05) is 6.07 Å². The summed E-state index contributed by atoms with van der Waals surface area (Å²) in [6.07, 6.45) is 1.06. The van der Waals surface area contributed by atoms with Gasteiger partial charge >= 0.3 is 0 Å². The fraction of sp³-hybridized carbons (Fsp3) is 0.389. The highest BCUT2D eigenvalue weighted by atomic mass is 32.1. The molecule has 122 valence electrons. The molecule has 0 aliphatic carbocycles. The van der Waals surface area contributed by atoms with Gasteiger partial charge in [0, 0.05) is 35.6 Å². The van der Waals surface area contributed by atoms with E-state index in [0.29, 0.717) is 24.2 Å². The molecule has 1 amide bonds. The molecule has 2 aromatic rings. The van der Waals surface area contributed by atoms with E-state index in [9.17, 15) is 9.18 Å². The van der Waals surface area contributed by atoms with E-state index in [1.807, 2.05) is 0 Å². The van der Waals surface area contributed by atoms with Crippen molar-refractivity contribution >= 4 is 17.2 Å². The number of benzene rings is 1. The van der Waals surface area contributed by atoms with Crippen molar-refractivity contribution in [1.29, 1.82) is 0 Å². The van der Waals surface area contributed by atoms with Crippen molar-refractivity contribution in [3.63, 3.8) is 0 Å². The Kier molecular flexibility index (Phi) is 4.78. The van der Waals surface area contributed by atoms with Crippen molar-refractivity contribution in [2.45, 2.75) is 32.4 Å². The molecule has 0 radical (unpaired) electrons. The van der Waals surface area contributed by atoms with Gasteiger partial charge in [-0.2, -0.15) is 0 Å². The summed E-state index contributed by atoms with van der Waals surface area (Å²) in [5, 5.41) is 5.04. The van der Waals surface area contributed by atoms with Crippen molar-refractivity contribution in [3.8, 4) is 0 Å². The number of fused-ring (bicyclic) bond motifs is 1. The minimum Gasteiger partial charge on any atom is -0.351 e. The number of nitrogens with zero attached hydrogens (tertiary/aromatic N) is 1. The zero-order valence-corrected chi connectivity index (χ0v) is 14.2. The maximum atomic E-state index is 13.2. The number of hydrogen-bond acceptors (Lipinski definition) is 3.